The summed E-state index contributed by atoms with van der Waals surface area (Å²) < 4.78 is 1.51. The number of aromatic amines is 1. The average Bonchev–Trinajstić information content (AvgIpc) is 1.96. The molecular weight excluding hydrogens is 170 g/mol. The van der Waals surface area contributed by atoms with E-state index < -0.39 is 5.56 Å². The van der Waals surface area contributed by atoms with E-state index in [1.165, 1.54) is 10.8 Å². The topological polar surface area (TPSA) is 80.9 Å². The van der Waals surface area contributed by atoms with Crippen LogP contribution in [0.2, 0.25) is 0 Å². The molecule has 0 saturated heterocycles. The van der Waals surface area contributed by atoms with E-state index in [-0.39, 0.29) is 17.4 Å². The lowest BCUT2D eigenvalue weighted by Gasteiger charge is -2.27. The van der Waals surface area contributed by atoms with Crippen molar-refractivity contribution in [2.24, 2.45) is 0 Å². The minimum atomic E-state index is -0.499. The molecule has 1 fully saturated rings. The quantitative estimate of drug-likeness (QED) is 0.631. The van der Waals surface area contributed by atoms with Crippen LogP contribution in [0.1, 0.15) is 25.3 Å². The molecule has 1 heterocycles. The molecule has 5 nitrogen and oxygen atoms in total. The molecule has 2 rings (SSSR count). The van der Waals surface area contributed by atoms with Gasteiger partial charge in [0.2, 0.25) is 0 Å². The molecule has 0 radical (unpaired) electrons. The number of rotatable bonds is 1. The monoisotopic (exact) mass is 181 g/mol. The van der Waals surface area contributed by atoms with E-state index in [4.69, 9.17) is 5.73 Å². The summed E-state index contributed by atoms with van der Waals surface area (Å²) in [4.78, 5) is 24.4. The molecule has 0 aromatic carbocycles. The molecule has 0 atom stereocenters. The van der Waals surface area contributed by atoms with E-state index in [1.807, 2.05) is 0 Å². The van der Waals surface area contributed by atoms with E-state index >= 15 is 0 Å². The number of nitrogens with zero attached hydrogens (tertiary/aromatic N) is 1. The lowest BCUT2D eigenvalue weighted by molar-refractivity contribution is 0.303. The van der Waals surface area contributed by atoms with E-state index in [9.17, 15) is 9.59 Å². The van der Waals surface area contributed by atoms with Crippen LogP contribution in [-0.2, 0) is 0 Å². The third-order valence-electron chi connectivity index (χ3n) is 2.46. The van der Waals surface area contributed by atoms with Crippen molar-refractivity contribution in [1.82, 2.24) is 9.55 Å². The Hall–Kier alpha value is -1.52. The molecule has 5 heteroatoms. The van der Waals surface area contributed by atoms with E-state index in [1.54, 1.807) is 0 Å². The van der Waals surface area contributed by atoms with Gasteiger partial charge in [0.15, 0.2) is 0 Å². The molecule has 0 spiro atoms. The maximum Gasteiger partial charge on any atom is 0.328 e. The summed E-state index contributed by atoms with van der Waals surface area (Å²) in [5, 5.41) is 0. The minimum Gasteiger partial charge on any atom is -0.393 e. The number of nitrogens with two attached hydrogens (primary N) is 1. The van der Waals surface area contributed by atoms with E-state index in [2.05, 4.69) is 4.98 Å². The fraction of sp³-hybridized carbons (Fsp3) is 0.500. The van der Waals surface area contributed by atoms with Crippen molar-refractivity contribution in [1.29, 1.82) is 0 Å². The number of hydrogen-bond acceptors (Lipinski definition) is 3. The molecule has 0 aliphatic heterocycles. The first-order valence-electron chi connectivity index (χ1n) is 4.29. The molecule has 0 amide bonds. The van der Waals surface area contributed by atoms with Crippen molar-refractivity contribution in [2.75, 3.05) is 5.73 Å². The number of aromatic nitrogens is 2. The molecule has 0 bridgehead atoms. The first-order chi connectivity index (χ1) is 6.18. The van der Waals surface area contributed by atoms with Gasteiger partial charge in [0.05, 0.1) is 0 Å². The fourth-order valence-corrected chi connectivity index (χ4v) is 1.44. The van der Waals surface area contributed by atoms with Crippen molar-refractivity contribution in [3.05, 3.63) is 27.0 Å². The van der Waals surface area contributed by atoms with Gasteiger partial charge in [0, 0.05) is 12.2 Å². The van der Waals surface area contributed by atoms with E-state index in [0.717, 1.165) is 19.3 Å². The Morgan fingerprint density at radius 2 is 2.15 bits per heavy atom. The Morgan fingerprint density at radius 1 is 1.46 bits per heavy atom. The maximum atomic E-state index is 11.3. The number of H-pyrrole nitrogens is 1. The number of anilines is 1. The highest BCUT2D eigenvalue weighted by Crippen LogP contribution is 2.29. The number of hydrogen-bond donors (Lipinski definition) is 2. The zero-order chi connectivity index (χ0) is 9.42. The molecule has 1 aromatic rings. The van der Waals surface area contributed by atoms with Crippen LogP contribution >= 0.6 is 0 Å². The highest BCUT2D eigenvalue weighted by atomic mass is 16.2. The fourth-order valence-electron chi connectivity index (χ4n) is 1.44. The summed E-state index contributed by atoms with van der Waals surface area (Å²) in [6.45, 7) is 0. The first kappa shape index (κ1) is 8.10. The largest absolute Gasteiger partial charge is 0.393 e. The smallest absolute Gasteiger partial charge is 0.328 e. The SMILES string of the molecule is Nc1cn(C2CCC2)c(=O)[nH]c1=O. The lowest BCUT2D eigenvalue weighted by atomic mass is 9.93. The van der Waals surface area contributed by atoms with Gasteiger partial charge < -0.3 is 5.73 Å². The Balaban J connectivity index is 2.51. The van der Waals surface area contributed by atoms with E-state index in [0.29, 0.717) is 0 Å². The van der Waals surface area contributed by atoms with Crippen LogP contribution in [0.3, 0.4) is 0 Å². The van der Waals surface area contributed by atoms with Crippen molar-refractivity contribution >= 4 is 5.69 Å². The molecule has 70 valence electrons. The third kappa shape index (κ3) is 1.26. The summed E-state index contributed by atoms with van der Waals surface area (Å²) in [7, 11) is 0. The van der Waals surface area contributed by atoms with Crippen molar-refractivity contribution in [3.63, 3.8) is 0 Å². The van der Waals surface area contributed by atoms with Gasteiger partial charge in [-0.05, 0) is 19.3 Å². The Morgan fingerprint density at radius 3 is 2.69 bits per heavy atom. The molecule has 13 heavy (non-hydrogen) atoms. The third-order valence-corrected chi connectivity index (χ3v) is 2.46. The second kappa shape index (κ2) is 2.76. The zero-order valence-corrected chi connectivity index (χ0v) is 7.12. The summed E-state index contributed by atoms with van der Waals surface area (Å²) in [6, 6.07) is 0.228. The summed E-state index contributed by atoms with van der Waals surface area (Å²) in [6.07, 6.45) is 4.55. The summed E-state index contributed by atoms with van der Waals surface area (Å²) >= 11 is 0. The van der Waals surface area contributed by atoms with Crippen LogP contribution in [0.15, 0.2) is 15.8 Å². The van der Waals surface area contributed by atoms with Crippen LogP contribution in [0.4, 0.5) is 5.69 Å². The minimum absolute atomic E-state index is 0.103. The Labute approximate surface area is 74.2 Å². The zero-order valence-electron chi connectivity index (χ0n) is 7.12. The predicted molar refractivity (Wildman–Crippen MR) is 48.6 cm³/mol. The standard InChI is InChI=1S/C8H11N3O2/c9-6-4-11(5-2-1-3-5)8(13)10-7(6)12/h4-5H,1-3,9H2,(H,10,12,13). The van der Waals surface area contributed by atoms with Gasteiger partial charge in [-0.25, -0.2) is 4.79 Å². The molecule has 3 N–H and O–H groups in total. The summed E-state index contributed by atoms with van der Waals surface area (Å²) in [5.41, 5.74) is 4.65. The van der Waals surface area contributed by atoms with Crippen LogP contribution < -0.4 is 17.0 Å². The first-order valence-corrected chi connectivity index (χ1v) is 4.29. The van der Waals surface area contributed by atoms with Gasteiger partial charge in [-0.2, -0.15) is 0 Å². The second-order valence-electron chi connectivity index (χ2n) is 3.34. The molecule has 1 aromatic heterocycles. The maximum absolute atomic E-state index is 11.3. The molecule has 0 unspecified atom stereocenters. The van der Waals surface area contributed by atoms with Crippen LogP contribution in [0, 0.1) is 0 Å². The van der Waals surface area contributed by atoms with Gasteiger partial charge in [-0.1, -0.05) is 0 Å². The van der Waals surface area contributed by atoms with Gasteiger partial charge in [-0.15, -0.1) is 0 Å². The van der Waals surface area contributed by atoms with Crippen molar-refractivity contribution in [2.45, 2.75) is 25.3 Å². The Bertz CT molecular complexity index is 428. The average molecular weight is 181 g/mol. The van der Waals surface area contributed by atoms with Crippen molar-refractivity contribution < 1.29 is 0 Å². The lowest BCUT2D eigenvalue weighted by Crippen LogP contribution is -2.35. The second-order valence-corrected chi connectivity index (χ2v) is 3.34. The molecule has 1 aliphatic rings. The van der Waals surface area contributed by atoms with Crippen LogP contribution in [0.5, 0.6) is 0 Å². The van der Waals surface area contributed by atoms with Crippen LogP contribution in [0.25, 0.3) is 0 Å². The van der Waals surface area contributed by atoms with Gasteiger partial charge in [-0.3, -0.25) is 14.3 Å². The predicted octanol–water partition coefficient (Wildman–Crippen LogP) is -0.156. The number of nitrogen functional groups attached to an aromatic ring is 1. The molecular formula is C8H11N3O2. The van der Waals surface area contributed by atoms with Crippen molar-refractivity contribution in [3.8, 4) is 0 Å². The highest BCUT2D eigenvalue weighted by molar-refractivity contribution is 5.30. The summed E-state index contributed by atoms with van der Waals surface area (Å²) in [5.74, 6) is 0. The highest BCUT2D eigenvalue weighted by Gasteiger charge is 2.20. The van der Waals surface area contributed by atoms with Crippen LogP contribution in [-0.4, -0.2) is 9.55 Å². The normalized spacial score (nSPS) is 16.9. The Kier molecular flexibility index (Phi) is 1.72. The van der Waals surface area contributed by atoms with Gasteiger partial charge in [0.25, 0.3) is 5.56 Å². The number of nitrogens with one attached hydrogen (secondary N) is 1. The molecule has 1 saturated carbocycles. The molecule has 1 aliphatic carbocycles. The van der Waals surface area contributed by atoms with Gasteiger partial charge in [0.1, 0.15) is 5.69 Å². The van der Waals surface area contributed by atoms with Gasteiger partial charge >= 0.3 is 5.69 Å².